The Bertz CT molecular complexity index is 325. The summed E-state index contributed by atoms with van der Waals surface area (Å²) in [6.45, 7) is 1.04. The standard InChI is InChI=1S/C12H17NO3/c1-2-12(8-14,9-15)11(16)13-10-6-4-3-5-7-10/h3-7,14-15H,2,8-9H2,1H3,(H,13,16). The maximum Gasteiger partial charge on any atom is 0.235 e. The van der Waals surface area contributed by atoms with Gasteiger partial charge in [-0.15, -0.1) is 0 Å². The van der Waals surface area contributed by atoms with Crippen LogP contribution in [-0.2, 0) is 4.79 Å². The van der Waals surface area contributed by atoms with Crippen LogP contribution >= 0.6 is 0 Å². The van der Waals surface area contributed by atoms with E-state index in [1.54, 1.807) is 31.2 Å². The topological polar surface area (TPSA) is 69.6 Å². The lowest BCUT2D eigenvalue weighted by molar-refractivity contribution is -0.130. The van der Waals surface area contributed by atoms with Crippen LogP contribution in [0.2, 0.25) is 0 Å². The molecule has 0 saturated heterocycles. The molecular weight excluding hydrogens is 206 g/mol. The van der Waals surface area contributed by atoms with Gasteiger partial charge in [0.05, 0.1) is 18.6 Å². The molecule has 0 bridgehead atoms. The van der Waals surface area contributed by atoms with Gasteiger partial charge < -0.3 is 15.5 Å². The Morgan fingerprint density at radius 3 is 2.25 bits per heavy atom. The van der Waals surface area contributed by atoms with Crippen molar-refractivity contribution < 1.29 is 15.0 Å². The summed E-state index contributed by atoms with van der Waals surface area (Å²) in [4.78, 5) is 11.9. The Labute approximate surface area is 94.9 Å². The van der Waals surface area contributed by atoms with E-state index in [2.05, 4.69) is 5.32 Å². The maximum absolute atomic E-state index is 11.9. The average Bonchev–Trinajstić information content (AvgIpc) is 2.33. The molecule has 0 spiro atoms. The van der Waals surface area contributed by atoms with E-state index in [0.29, 0.717) is 12.1 Å². The fraction of sp³-hybridized carbons (Fsp3) is 0.417. The number of hydrogen-bond acceptors (Lipinski definition) is 3. The minimum Gasteiger partial charge on any atom is -0.395 e. The lowest BCUT2D eigenvalue weighted by atomic mass is 9.86. The van der Waals surface area contributed by atoms with Crippen LogP contribution in [0.25, 0.3) is 0 Å². The van der Waals surface area contributed by atoms with Crippen LogP contribution in [0.3, 0.4) is 0 Å². The number of hydrogen-bond donors (Lipinski definition) is 3. The molecule has 0 aliphatic carbocycles. The highest BCUT2D eigenvalue weighted by molar-refractivity contribution is 5.95. The molecule has 0 aliphatic heterocycles. The van der Waals surface area contributed by atoms with Crippen LogP contribution in [-0.4, -0.2) is 29.3 Å². The summed E-state index contributed by atoms with van der Waals surface area (Å²) in [5, 5.41) is 21.1. The van der Waals surface area contributed by atoms with Gasteiger partial charge in [0.2, 0.25) is 5.91 Å². The molecule has 1 aromatic carbocycles. The summed E-state index contributed by atoms with van der Waals surface area (Å²) >= 11 is 0. The molecule has 0 atom stereocenters. The second-order valence-electron chi connectivity index (χ2n) is 3.77. The molecule has 0 aliphatic rings. The second-order valence-corrected chi connectivity index (χ2v) is 3.77. The van der Waals surface area contributed by atoms with Crippen LogP contribution in [0.15, 0.2) is 30.3 Å². The molecule has 1 amide bonds. The Morgan fingerprint density at radius 2 is 1.81 bits per heavy atom. The first-order valence-corrected chi connectivity index (χ1v) is 5.27. The Kier molecular flexibility index (Phi) is 4.46. The number of para-hydroxylation sites is 1. The Balaban J connectivity index is 2.78. The van der Waals surface area contributed by atoms with Crippen LogP contribution in [0, 0.1) is 5.41 Å². The number of aliphatic hydroxyl groups is 2. The maximum atomic E-state index is 11.9. The lowest BCUT2D eigenvalue weighted by Gasteiger charge is -2.26. The van der Waals surface area contributed by atoms with Crippen molar-refractivity contribution in [1.82, 2.24) is 0 Å². The zero-order valence-electron chi connectivity index (χ0n) is 9.31. The fourth-order valence-corrected chi connectivity index (χ4v) is 1.36. The van der Waals surface area contributed by atoms with E-state index in [9.17, 15) is 15.0 Å². The SMILES string of the molecule is CCC(CO)(CO)C(=O)Nc1ccccc1. The van der Waals surface area contributed by atoms with Crippen molar-refractivity contribution >= 4 is 11.6 Å². The largest absolute Gasteiger partial charge is 0.395 e. The first-order chi connectivity index (χ1) is 7.68. The molecule has 0 radical (unpaired) electrons. The first-order valence-electron chi connectivity index (χ1n) is 5.27. The van der Waals surface area contributed by atoms with Crippen LogP contribution < -0.4 is 5.32 Å². The van der Waals surface area contributed by atoms with Crippen LogP contribution in [0.1, 0.15) is 13.3 Å². The number of anilines is 1. The van der Waals surface area contributed by atoms with Crippen molar-refractivity contribution in [3.63, 3.8) is 0 Å². The van der Waals surface area contributed by atoms with Gasteiger partial charge in [0, 0.05) is 5.69 Å². The zero-order chi connectivity index (χ0) is 12.0. The highest BCUT2D eigenvalue weighted by Gasteiger charge is 2.35. The van der Waals surface area contributed by atoms with Crippen molar-refractivity contribution in [3.05, 3.63) is 30.3 Å². The number of carbonyl (C=O) groups excluding carboxylic acids is 1. The smallest absolute Gasteiger partial charge is 0.235 e. The molecule has 16 heavy (non-hydrogen) atoms. The summed E-state index contributed by atoms with van der Waals surface area (Å²) in [7, 11) is 0. The van der Waals surface area contributed by atoms with Gasteiger partial charge in [0.25, 0.3) is 0 Å². The number of carbonyl (C=O) groups is 1. The van der Waals surface area contributed by atoms with E-state index >= 15 is 0 Å². The van der Waals surface area contributed by atoms with Gasteiger partial charge in [0.1, 0.15) is 0 Å². The van der Waals surface area contributed by atoms with Gasteiger partial charge in [-0.25, -0.2) is 0 Å². The summed E-state index contributed by atoms with van der Waals surface area (Å²) < 4.78 is 0. The molecular formula is C12H17NO3. The van der Waals surface area contributed by atoms with E-state index in [4.69, 9.17) is 0 Å². The number of benzene rings is 1. The molecule has 0 saturated carbocycles. The Hall–Kier alpha value is -1.39. The minimum absolute atomic E-state index is 0.355. The molecule has 0 unspecified atom stereocenters. The van der Waals surface area contributed by atoms with Gasteiger partial charge in [-0.3, -0.25) is 4.79 Å². The molecule has 3 N–H and O–H groups in total. The predicted molar refractivity (Wildman–Crippen MR) is 62.0 cm³/mol. The fourth-order valence-electron chi connectivity index (χ4n) is 1.36. The number of rotatable bonds is 5. The van der Waals surface area contributed by atoms with Crippen molar-refractivity contribution in [2.75, 3.05) is 18.5 Å². The van der Waals surface area contributed by atoms with Crippen molar-refractivity contribution in [1.29, 1.82) is 0 Å². The van der Waals surface area contributed by atoms with Crippen LogP contribution in [0.5, 0.6) is 0 Å². The van der Waals surface area contributed by atoms with E-state index in [0.717, 1.165) is 0 Å². The van der Waals surface area contributed by atoms with Gasteiger partial charge >= 0.3 is 0 Å². The number of amides is 1. The number of aliphatic hydroxyl groups excluding tert-OH is 2. The number of nitrogens with one attached hydrogen (secondary N) is 1. The average molecular weight is 223 g/mol. The zero-order valence-corrected chi connectivity index (χ0v) is 9.31. The van der Waals surface area contributed by atoms with E-state index in [1.807, 2.05) is 6.07 Å². The predicted octanol–water partition coefficient (Wildman–Crippen LogP) is 1.01. The van der Waals surface area contributed by atoms with E-state index < -0.39 is 5.41 Å². The van der Waals surface area contributed by atoms with Gasteiger partial charge in [-0.2, -0.15) is 0 Å². The summed E-state index contributed by atoms with van der Waals surface area (Å²) in [5.74, 6) is -0.355. The van der Waals surface area contributed by atoms with Gasteiger partial charge in [0.15, 0.2) is 0 Å². The van der Waals surface area contributed by atoms with Gasteiger partial charge in [-0.1, -0.05) is 25.1 Å². The molecule has 4 nitrogen and oxygen atoms in total. The first kappa shape index (κ1) is 12.7. The molecule has 1 aromatic rings. The van der Waals surface area contributed by atoms with E-state index in [1.165, 1.54) is 0 Å². The normalized spacial score (nSPS) is 11.2. The Morgan fingerprint density at radius 1 is 1.25 bits per heavy atom. The molecule has 88 valence electrons. The minimum atomic E-state index is -1.10. The molecule has 1 rings (SSSR count). The highest BCUT2D eigenvalue weighted by atomic mass is 16.3. The van der Waals surface area contributed by atoms with Gasteiger partial charge in [-0.05, 0) is 18.6 Å². The molecule has 0 heterocycles. The lowest BCUT2D eigenvalue weighted by Crippen LogP contribution is -2.42. The summed E-state index contributed by atoms with van der Waals surface area (Å²) in [6.07, 6.45) is 0.388. The monoisotopic (exact) mass is 223 g/mol. The molecule has 4 heteroatoms. The van der Waals surface area contributed by atoms with E-state index in [-0.39, 0.29) is 19.1 Å². The molecule has 0 fully saturated rings. The third-order valence-electron chi connectivity index (χ3n) is 2.80. The quantitative estimate of drug-likeness (QED) is 0.697. The van der Waals surface area contributed by atoms with Crippen molar-refractivity contribution in [3.8, 4) is 0 Å². The third kappa shape index (κ3) is 2.59. The second kappa shape index (κ2) is 5.63. The van der Waals surface area contributed by atoms with Crippen molar-refractivity contribution in [2.45, 2.75) is 13.3 Å². The molecule has 0 aromatic heterocycles. The summed E-state index contributed by atoms with van der Waals surface area (Å²) in [5.41, 5.74) is -0.442. The summed E-state index contributed by atoms with van der Waals surface area (Å²) in [6, 6.07) is 8.98. The van der Waals surface area contributed by atoms with Crippen LogP contribution in [0.4, 0.5) is 5.69 Å². The third-order valence-corrected chi connectivity index (χ3v) is 2.80. The van der Waals surface area contributed by atoms with Crippen molar-refractivity contribution in [2.24, 2.45) is 5.41 Å². The highest BCUT2D eigenvalue weighted by Crippen LogP contribution is 2.22.